The molecule has 45 heavy (non-hydrogen) atoms. The zero-order valence-corrected chi connectivity index (χ0v) is 27.4. The third-order valence-corrected chi connectivity index (χ3v) is 7.03. The average molecular weight is 747 g/mol. The molecule has 9 N–H and O–H groups in total. The minimum Gasteiger partial charge on any atom is -0.484 e. The second kappa shape index (κ2) is 20.1. The van der Waals surface area contributed by atoms with Crippen molar-refractivity contribution in [1.29, 1.82) is 0 Å². The summed E-state index contributed by atoms with van der Waals surface area (Å²) in [5.74, 6) is -5.75. The summed E-state index contributed by atoms with van der Waals surface area (Å²) in [6.07, 6.45) is 0.462. The first-order chi connectivity index (χ1) is 21.1. The SMILES string of the molecule is C[C@H](NC(=O)COc1ccc([125I])cc1)C(=O)N[C@H](CCC(=O)N[C@@H](CCCCN)C(=O)N[C@H](C)C(=O)N[C@H](C)C(=O)O)C(=O)O. The van der Waals surface area contributed by atoms with Crippen molar-refractivity contribution in [3.8, 4) is 5.75 Å². The van der Waals surface area contributed by atoms with Gasteiger partial charge < -0.3 is 47.3 Å². The molecule has 0 unspecified atom stereocenters. The van der Waals surface area contributed by atoms with E-state index in [1.807, 2.05) is 0 Å². The van der Waals surface area contributed by atoms with Gasteiger partial charge in [0.2, 0.25) is 23.6 Å². The molecular formula is C28H41IN6O10. The van der Waals surface area contributed by atoms with Gasteiger partial charge in [-0.15, -0.1) is 0 Å². The Morgan fingerprint density at radius 1 is 0.711 bits per heavy atom. The lowest BCUT2D eigenvalue weighted by atomic mass is 10.1. The van der Waals surface area contributed by atoms with Crippen LogP contribution in [0.4, 0.5) is 0 Å². The number of benzene rings is 1. The molecule has 1 rings (SSSR count). The van der Waals surface area contributed by atoms with E-state index in [2.05, 4.69) is 49.2 Å². The van der Waals surface area contributed by atoms with Crippen LogP contribution >= 0.6 is 22.6 Å². The van der Waals surface area contributed by atoms with E-state index in [0.717, 1.165) is 3.57 Å². The molecular weight excluding hydrogens is 705 g/mol. The van der Waals surface area contributed by atoms with Gasteiger partial charge in [0, 0.05) is 9.99 Å². The lowest BCUT2D eigenvalue weighted by Crippen LogP contribution is -2.54. The summed E-state index contributed by atoms with van der Waals surface area (Å²) >= 11 is 2.12. The molecule has 0 aliphatic carbocycles. The number of hydrogen-bond acceptors (Lipinski definition) is 9. The molecule has 16 nitrogen and oxygen atoms in total. The van der Waals surface area contributed by atoms with Crippen molar-refractivity contribution in [3.63, 3.8) is 0 Å². The topological polar surface area (TPSA) is 255 Å². The van der Waals surface area contributed by atoms with E-state index in [-0.39, 0.29) is 25.9 Å². The number of halogens is 1. The summed E-state index contributed by atoms with van der Waals surface area (Å²) in [5, 5.41) is 30.4. The summed E-state index contributed by atoms with van der Waals surface area (Å²) in [7, 11) is 0. The molecule has 0 bridgehead atoms. The van der Waals surface area contributed by atoms with Crippen LogP contribution in [0.25, 0.3) is 0 Å². The molecule has 0 aliphatic heterocycles. The van der Waals surface area contributed by atoms with Gasteiger partial charge in [0.25, 0.3) is 5.91 Å². The average Bonchev–Trinajstić information content (AvgIpc) is 2.97. The van der Waals surface area contributed by atoms with Crippen molar-refractivity contribution in [2.75, 3.05) is 13.2 Å². The van der Waals surface area contributed by atoms with Crippen molar-refractivity contribution >= 4 is 64.1 Å². The van der Waals surface area contributed by atoms with Crippen molar-refractivity contribution < 1.29 is 48.5 Å². The van der Waals surface area contributed by atoms with Crippen LogP contribution in [0.5, 0.6) is 5.75 Å². The van der Waals surface area contributed by atoms with E-state index in [0.29, 0.717) is 25.1 Å². The molecule has 1 aromatic carbocycles. The van der Waals surface area contributed by atoms with Crippen molar-refractivity contribution in [1.82, 2.24) is 26.6 Å². The first kappa shape index (κ1) is 39.0. The third kappa shape index (κ3) is 15.5. The molecule has 0 fully saturated rings. The Hall–Kier alpha value is -4.00. The van der Waals surface area contributed by atoms with Gasteiger partial charge in [-0.3, -0.25) is 28.8 Å². The second-order valence-corrected chi connectivity index (χ2v) is 11.4. The number of ether oxygens (including phenoxy) is 1. The lowest BCUT2D eigenvalue weighted by molar-refractivity contribution is -0.143. The molecule has 0 saturated heterocycles. The number of hydrogen-bond donors (Lipinski definition) is 8. The lowest BCUT2D eigenvalue weighted by Gasteiger charge is -2.22. The molecule has 0 spiro atoms. The number of nitrogens with two attached hydrogens (primary N) is 1. The standard InChI is InChI=1S/C28H41IN6O10/c1-15(31-23(37)14-45-19-9-7-18(29)8-10-19)25(39)35-21(28(43)44)11-12-22(36)34-20(6-4-5-13-30)26(40)32-16(2)24(38)33-17(3)27(41)42/h7-10,15-17,20-21H,4-6,11-14,30H2,1-3H3,(H,31,37)(H,32,40)(H,33,38)(H,34,36)(H,35,39)(H,41,42)(H,43,44)/t15-,16+,17+,20-,21+/m0/s1/i29-2. The van der Waals surface area contributed by atoms with Gasteiger partial charge >= 0.3 is 11.9 Å². The summed E-state index contributed by atoms with van der Waals surface area (Å²) in [5.41, 5.74) is 5.52. The zero-order chi connectivity index (χ0) is 34.1. The Labute approximate surface area is 274 Å². The van der Waals surface area contributed by atoms with E-state index in [1.165, 1.54) is 20.8 Å². The van der Waals surface area contributed by atoms with Gasteiger partial charge in [0.05, 0.1) is 0 Å². The number of unbranched alkanes of at least 4 members (excludes halogenated alkanes) is 1. The molecule has 0 aromatic heterocycles. The molecule has 0 heterocycles. The number of aliphatic carboxylic acids is 2. The predicted molar refractivity (Wildman–Crippen MR) is 169 cm³/mol. The van der Waals surface area contributed by atoms with Crippen LogP contribution in [0.2, 0.25) is 0 Å². The number of carbonyl (C=O) groups is 7. The molecule has 1 aromatic rings. The fraction of sp³-hybridized carbons (Fsp3) is 0.536. The Kier molecular flexibility index (Phi) is 17.4. The van der Waals surface area contributed by atoms with Gasteiger partial charge in [-0.2, -0.15) is 0 Å². The van der Waals surface area contributed by atoms with Gasteiger partial charge in [0.1, 0.15) is 36.0 Å². The Morgan fingerprint density at radius 2 is 1.29 bits per heavy atom. The summed E-state index contributed by atoms with van der Waals surface area (Å²) < 4.78 is 6.34. The van der Waals surface area contributed by atoms with Crippen molar-refractivity contribution in [3.05, 3.63) is 27.8 Å². The van der Waals surface area contributed by atoms with E-state index in [4.69, 9.17) is 15.6 Å². The molecule has 0 aliphatic rings. The summed E-state index contributed by atoms with van der Waals surface area (Å²) in [4.78, 5) is 85.3. The quantitative estimate of drug-likeness (QED) is 0.0608. The molecule has 5 atom stereocenters. The van der Waals surface area contributed by atoms with E-state index < -0.39 is 71.7 Å². The van der Waals surface area contributed by atoms with E-state index >= 15 is 0 Å². The number of carbonyl (C=O) groups excluding carboxylic acids is 5. The van der Waals surface area contributed by atoms with Crippen LogP contribution in [0.3, 0.4) is 0 Å². The van der Waals surface area contributed by atoms with Crippen LogP contribution in [0, 0.1) is 3.57 Å². The second-order valence-electron chi connectivity index (χ2n) is 10.2. The van der Waals surface area contributed by atoms with Crippen LogP contribution in [-0.2, 0) is 33.6 Å². The van der Waals surface area contributed by atoms with Crippen LogP contribution in [0.1, 0.15) is 52.9 Å². The first-order valence-corrected chi connectivity index (χ1v) is 15.3. The molecule has 250 valence electrons. The smallest absolute Gasteiger partial charge is 0.326 e. The Bertz CT molecular complexity index is 1200. The van der Waals surface area contributed by atoms with Crippen molar-refractivity contribution in [2.24, 2.45) is 5.73 Å². The Morgan fingerprint density at radius 3 is 1.87 bits per heavy atom. The van der Waals surface area contributed by atoms with Gasteiger partial charge in [-0.1, -0.05) is 0 Å². The molecule has 17 heteroatoms. The highest BCUT2D eigenvalue weighted by Gasteiger charge is 2.28. The maximum Gasteiger partial charge on any atom is 0.326 e. The minimum absolute atomic E-state index is 0.165. The number of carboxylic acids is 2. The van der Waals surface area contributed by atoms with E-state index in [9.17, 15) is 38.7 Å². The Balaban J connectivity index is 2.68. The highest BCUT2D eigenvalue weighted by Crippen LogP contribution is 2.13. The largest absolute Gasteiger partial charge is 0.484 e. The number of rotatable bonds is 20. The number of amides is 5. The van der Waals surface area contributed by atoms with Crippen molar-refractivity contribution in [2.45, 2.75) is 83.1 Å². The monoisotopic (exact) mass is 746 g/mol. The molecule has 5 amide bonds. The van der Waals surface area contributed by atoms with Gasteiger partial charge in [0.15, 0.2) is 6.61 Å². The van der Waals surface area contributed by atoms with E-state index in [1.54, 1.807) is 24.3 Å². The highest BCUT2D eigenvalue weighted by atomic mass is 125. The maximum absolute atomic E-state index is 12.9. The maximum atomic E-state index is 12.9. The first-order valence-electron chi connectivity index (χ1n) is 14.2. The van der Waals surface area contributed by atoms with Crippen LogP contribution < -0.4 is 37.1 Å². The van der Waals surface area contributed by atoms with Gasteiger partial charge in [-0.25, -0.2) is 4.79 Å². The predicted octanol–water partition coefficient (Wildman–Crippen LogP) is -0.768. The fourth-order valence-electron chi connectivity index (χ4n) is 3.67. The zero-order valence-electron chi connectivity index (χ0n) is 25.3. The normalized spacial score (nSPS) is 14.0. The number of carboxylic acid groups (broad SMARTS) is 2. The van der Waals surface area contributed by atoms with Crippen LogP contribution in [0.15, 0.2) is 24.3 Å². The summed E-state index contributed by atoms with van der Waals surface area (Å²) in [6, 6.07) is 0.967. The minimum atomic E-state index is -1.48. The molecule has 0 radical (unpaired) electrons. The van der Waals surface area contributed by atoms with Crippen LogP contribution in [-0.4, -0.2) is 95.0 Å². The summed E-state index contributed by atoms with van der Waals surface area (Å²) in [6.45, 7) is 3.94. The highest BCUT2D eigenvalue weighted by molar-refractivity contribution is 14.1. The van der Waals surface area contributed by atoms with Gasteiger partial charge in [-0.05, 0) is 99.9 Å². The third-order valence-electron chi connectivity index (χ3n) is 6.31. The fourth-order valence-corrected chi connectivity index (χ4v) is 4.03. The molecule has 0 saturated carbocycles. The number of nitrogens with one attached hydrogen (secondary N) is 5.